The molecule has 0 aliphatic rings. The number of carbonyl (C=O) groups excluding carboxylic acids is 1. The van der Waals surface area contributed by atoms with Crippen molar-refractivity contribution in [3.05, 3.63) is 49.1 Å². The molecule has 2 amide bonds. The number of nitrogens with zero attached hydrogens (tertiary/aromatic N) is 1. The van der Waals surface area contributed by atoms with E-state index in [1.54, 1.807) is 30.9 Å². The number of nitrogens with two attached hydrogens (primary N) is 1. The van der Waals surface area contributed by atoms with Crippen LogP contribution in [0.1, 0.15) is 0 Å². The number of benzene rings is 1. The van der Waals surface area contributed by atoms with E-state index in [1.165, 1.54) is 0 Å². The molecule has 0 radical (unpaired) electrons. The van der Waals surface area contributed by atoms with Crippen LogP contribution in [0.5, 0.6) is 0 Å². The van der Waals surface area contributed by atoms with E-state index < -0.39 is 6.03 Å². The highest BCUT2D eigenvalue weighted by molar-refractivity contribution is 5.87. The molecule has 0 fully saturated rings. The van der Waals surface area contributed by atoms with Crippen molar-refractivity contribution in [2.24, 2.45) is 5.73 Å². The van der Waals surface area contributed by atoms with Gasteiger partial charge in [0.05, 0.1) is 6.33 Å². The predicted octanol–water partition coefficient (Wildman–Crippen LogP) is 2.01. The Balaban J connectivity index is 0.000000318. The smallest absolute Gasteiger partial charge is 0.316 e. The lowest BCUT2D eigenvalue weighted by Gasteiger charge is -1.97. The molecule has 0 aliphatic carbocycles. The van der Waals surface area contributed by atoms with Crippen molar-refractivity contribution in [1.82, 2.24) is 9.97 Å². The number of hydrogen-bond acceptors (Lipinski definition) is 2. The van der Waals surface area contributed by atoms with E-state index in [0.717, 1.165) is 5.69 Å². The van der Waals surface area contributed by atoms with Crippen LogP contribution in [-0.4, -0.2) is 16.0 Å². The number of amides is 2. The molecule has 0 aliphatic heterocycles. The highest BCUT2D eigenvalue weighted by Gasteiger charge is 1.90. The molecule has 86 valence electrons. The number of urea groups is 1. The molecule has 0 bridgehead atoms. The lowest BCUT2D eigenvalue weighted by molar-refractivity contribution is 0.259. The lowest BCUT2D eigenvalue weighted by Crippen LogP contribution is -2.18. The molecule has 0 atom stereocenters. The average molecular weight is 241 g/mol. The normalized spacial score (nSPS) is 8.00. The second-order valence-corrected chi connectivity index (χ2v) is 2.62. The van der Waals surface area contributed by atoms with E-state index >= 15 is 0 Å². The first-order valence-electron chi connectivity index (χ1n) is 4.33. The first-order chi connectivity index (χ1) is 7.29. The maximum atomic E-state index is 10.3. The van der Waals surface area contributed by atoms with Crippen molar-refractivity contribution in [2.75, 3.05) is 5.32 Å². The van der Waals surface area contributed by atoms with E-state index in [0.29, 0.717) is 0 Å². The third-order valence-corrected chi connectivity index (χ3v) is 1.45. The summed E-state index contributed by atoms with van der Waals surface area (Å²) in [6.45, 7) is 0. The largest absolute Gasteiger partial charge is 0.351 e. The summed E-state index contributed by atoms with van der Waals surface area (Å²) in [6, 6.07) is 8.52. The lowest BCUT2D eigenvalue weighted by atomic mass is 10.3. The number of nitrogens with one attached hydrogen (secondary N) is 2. The van der Waals surface area contributed by atoms with Gasteiger partial charge in [0.2, 0.25) is 0 Å². The third-order valence-electron chi connectivity index (χ3n) is 1.45. The first kappa shape index (κ1) is 14.0. The fourth-order valence-corrected chi connectivity index (χ4v) is 0.879. The van der Waals surface area contributed by atoms with Crippen LogP contribution >= 0.6 is 12.4 Å². The molecule has 0 unspecified atom stereocenters. The Morgan fingerprint density at radius 3 is 2.38 bits per heavy atom. The Labute approximate surface area is 99.5 Å². The van der Waals surface area contributed by atoms with Crippen molar-refractivity contribution < 1.29 is 4.79 Å². The summed E-state index contributed by atoms with van der Waals surface area (Å²) in [6.07, 6.45) is 5.08. The molecule has 5 nitrogen and oxygen atoms in total. The van der Waals surface area contributed by atoms with Gasteiger partial charge in [-0.25, -0.2) is 9.78 Å². The summed E-state index contributed by atoms with van der Waals surface area (Å²) in [5.74, 6) is 0. The zero-order valence-corrected chi connectivity index (χ0v) is 9.28. The van der Waals surface area contributed by atoms with Gasteiger partial charge in [0.15, 0.2) is 0 Å². The summed E-state index contributed by atoms with van der Waals surface area (Å²) in [5.41, 5.74) is 5.59. The number of hydrogen-bond donors (Lipinski definition) is 3. The minimum absolute atomic E-state index is 0. The molecule has 0 spiro atoms. The highest BCUT2D eigenvalue weighted by Crippen LogP contribution is 2.03. The van der Waals surface area contributed by atoms with Crippen molar-refractivity contribution >= 4 is 24.1 Å². The predicted molar refractivity (Wildman–Crippen MR) is 65.5 cm³/mol. The van der Waals surface area contributed by atoms with Crippen LogP contribution in [0.3, 0.4) is 0 Å². The second-order valence-electron chi connectivity index (χ2n) is 2.62. The molecular formula is C10H13ClN4O. The van der Waals surface area contributed by atoms with Gasteiger partial charge in [-0.3, -0.25) is 0 Å². The molecule has 0 saturated heterocycles. The quantitative estimate of drug-likeness (QED) is 0.712. The van der Waals surface area contributed by atoms with E-state index in [9.17, 15) is 4.79 Å². The van der Waals surface area contributed by atoms with E-state index in [-0.39, 0.29) is 12.4 Å². The zero-order valence-electron chi connectivity index (χ0n) is 8.46. The number of halogens is 1. The van der Waals surface area contributed by atoms with Crippen LogP contribution in [0.2, 0.25) is 0 Å². The summed E-state index contributed by atoms with van der Waals surface area (Å²) >= 11 is 0. The molecule has 6 heteroatoms. The summed E-state index contributed by atoms with van der Waals surface area (Å²) in [7, 11) is 0. The number of carbonyl (C=O) groups is 1. The third kappa shape index (κ3) is 6.44. The summed E-state index contributed by atoms with van der Waals surface area (Å²) in [5, 5.41) is 2.44. The van der Waals surface area contributed by atoms with Crippen LogP contribution in [-0.2, 0) is 0 Å². The number of H-pyrrole nitrogens is 1. The Kier molecular flexibility index (Phi) is 7.27. The zero-order chi connectivity index (χ0) is 10.9. The van der Waals surface area contributed by atoms with Gasteiger partial charge in [0.1, 0.15) is 0 Å². The van der Waals surface area contributed by atoms with Crippen LogP contribution < -0.4 is 11.1 Å². The summed E-state index contributed by atoms with van der Waals surface area (Å²) < 4.78 is 0. The number of rotatable bonds is 1. The molecule has 2 rings (SSSR count). The van der Waals surface area contributed by atoms with Crippen LogP contribution in [0.25, 0.3) is 0 Å². The summed E-state index contributed by atoms with van der Waals surface area (Å²) in [4.78, 5) is 16.7. The van der Waals surface area contributed by atoms with Crippen molar-refractivity contribution in [1.29, 1.82) is 0 Å². The van der Waals surface area contributed by atoms with E-state index in [4.69, 9.17) is 5.73 Å². The Bertz CT molecular complexity index is 360. The van der Waals surface area contributed by atoms with Gasteiger partial charge >= 0.3 is 6.03 Å². The van der Waals surface area contributed by atoms with Crippen molar-refractivity contribution in [2.45, 2.75) is 0 Å². The molecule has 16 heavy (non-hydrogen) atoms. The minimum atomic E-state index is -0.536. The van der Waals surface area contributed by atoms with E-state index in [1.807, 2.05) is 18.2 Å². The number of primary amides is 1. The van der Waals surface area contributed by atoms with Crippen LogP contribution in [0.15, 0.2) is 49.1 Å². The maximum absolute atomic E-state index is 10.3. The van der Waals surface area contributed by atoms with Gasteiger partial charge < -0.3 is 16.0 Å². The average Bonchev–Trinajstić information content (AvgIpc) is 2.76. The molecule has 0 saturated carbocycles. The topological polar surface area (TPSA) is 83.8 Å². The van der Waals surface area contributed by atoms with Gasteiger partial charge in [0.25, 0.3) is 0 Å². The fourth-order valence-electron chi connectivity index (χ4n) is 0.879. The highest BCUT2D eigenvalue weighted by atomic mass is 35.5. The van der Waals surface area contributed by atoms with Crippen LogP contribution in [0, 0.1) is 0 Å². The molecular weight excluding hydrogens is 228 g/mol. The van der Waals surface area contributed by atoms with Crippen molar-refractivity contribution in [3.8, 4) is 0 Å². The molecule has 1 aromatic heterocycles. The Morgan fingerprint density at radius 2 is 2.00 bits per heavy atom. The van der Waals surface area contributed by atoms with Gasteiger partial charge in [-0.05, 0) is 12.1 Å². The van der Waals surface area contributed by atoms with Crippen molar-refractivity contribution in [3.63, 3.8) is 0 Å². The molecule has 4 N–H and O–H groups in total. The first-order valence-corrected chi connectivity index (χ1v) is 4.33. The van der Waals surface area contributed by atoms with Gasteiger partial charge in [0, 0.05) is 18.1 Å². The van der Waals surface area contributed by atoms with Gasteiger partial charge in [-0.15, -0.1) is 12.4 Å². The molecule has 1 aromatic carbocycles. The number of imidazole rings is 1. The van der Waals surface area contributed by atoms with Gasteiger partial charge in [-0.1, -0.05) is 18.2 Å². The number of aromatic amines is 1. The van der Waals surface area contributed by atoms with Gasteiger partial charge in [-0.2, -0.15) is 0 Å². The second kappa shape index (κ2) is 8.31. The number of para-hydroxylation sites is 1. The Hall–Kier alpha value is -2.01. The Morgan fingerprint density at radius 1 is 1.31 bits per heavy atom. The number of aromatic nitrogens is 2. The standard InChI is InChI=1S/C7H8N2O.C3H4N2.ClH/c8-7(10)9-6-4-2-1-3-5-6;1-2-5-3-4-1;/h1-5H,(H3,8,9,10);1-3H,(H,4,5);1H. The molecule has 2 aromatic rings. The number of anilines is 1. The van der Waals surface area contributed by atoms with E-state index in [2.05, 4.69) is 15.3 Å². The minimum Gasteiger partial charge on any atom is -0.351 e. The SMILES string of the molecule is Cl.NC(=O)Nc1ccccc1.c1c[nH]cn1. The maximum Gasteiger partial charge on any atom is 0.316 e. The monoisotopic (exact) mass is 240 g/mol. The van der Waals surface area contributed by atoms with Crippen LogP contribution in [0.4, 0.5) is 10.5 Å². The molecule has 1 heterocycles. The fraction of sp³-hybridized carbons (Fsp3) is 0.